The molecule has 2 N–H and O–H groups in total. The zero-order valence-corrected chi connectivity index (χ0v) is 10.8. The summed E-state index contributed by atoms with van der Waals surface area (Å²) in [6, 6.07) is 5.00. The smallest absolute Gasteiger partial charge is 0.165 e. The van der Waals surface area contributed by atoms with Crippen molar-refractivity contribution in [3.05, 3.63) is 35.4 Å². The van der Waals surface area contributed by atoms with Gasteiger partial charge in [0.1, 0.15) is 0 Å². The van der Waals surface area contributed by atoms with Crippen LogP contribution in [-0.4, -0.2) is 16.9 Å². The molecule has 1 aliphatic rings. The molecule has 0 bridgehead atoms. The van der Waals surface area contributed by atoms with Crippen LogP contribution in [0.4, 0.5) is 4.39 Å². The third kappa shape index (κ3) is 1.90. The van der Waals surface area contributed by atoms with E-state index in [0.717, 1.165) is 41.9 Å². The number of benzene rings is 1. The molecule has 0 unspecified atom stereocenters. The molecule has 0 saturated heterocycles. The van der Waals surface area contributed by atoms with Crippen LogP contribution in [0.15, 0.2) is 18.2 Å². The van der Waals surface area contributed by atoms with Gasteiger partial charge in [0.05, 0.1) is 12.8 Å². The van der Waals surface area contributed by atoms with Crippen molar-refractivity contribution in [1.82, 2.24) is 9.78 Å². The Balaban J connectivity index is 2.13. The molecule has 1 aliphatic heterocycles. The van der Waals surface area contributed by atoms with Gasteiger partial charge in [0.2, 0.25) is 0 Å². The summed E-state index contributed by atoms with van der Waals surface area (Å²) < 4.78 is 20.8. The number of hydrogen-bond donors (Lipinski definition) is 1. The molecule has 0 spiro atoms. The van der Waals surface area contributed by atoms with E-state index in [1.165, 1.54) is 13.2 Å². The Hall–Kier alpha value is -1.88. The number of aryl methyl sites for hydroxylation is 1. The highest BCUT2D eigenvalue weighted by Gasteiger charge is 2.22. The van der Waals surface area contributed by atoms with Crippen molar-refractivity contribution in [2.45, 2.75) is 25.9 Å². The average Bonchev–Trinajstić information content (AvgIpc) is 2.98. The Labute approximate surface area is 111 Å². The van der Waals surface area contributed by atoms with Gasteiger partial charge in [0.15, 0.2) is 11.6 Å². The predicted molar refractivity (Wildman–Crippen MR) is 70.4 cm³/mol. The fourth-order valence-corrected chi connectivity index (χ4v) is 2.68. The van der Waals surface area contributed by atoms with Crippen molar-refractivity contribution in [2.75, 3.05) is 7.11 Å². The molecule has 100 valence electrons. The van der Waals surface area contributed by atoms with E-state index in [-0.39, 0.29) is 11.6 Å². The molecule has 2 aromatic rings. The molecular weight excluding hydrogens is 245 g/mol. The fraction of sp³-hybridized carbons (Fsp3) is 0.357. The van der Waals surface area contributed by atoms with E-state index in [1.54, 1.807) is 6.07 Å². The number of nitrogens with zero attached hydrogens (tertiary/aromatic N) is 2. The normalized spacial score (nSPS) is 13.6. The van der Waals surface area contributed by atoms with Gasteiger partial charge in [-0.05, 0) is 30.5 Å². The molecule has 0 saturated carbocycles. The van der Waals surface area contributed by atoms with Crippen LogP contribution in [0.3, 0.4) is 0 Å². The maximum Gasteiger partial charge on any atom is 0.165 e. The molecule has 0 amide bonds. The topological polar surface area (TPSA) is 53.1 Å². The number of ether oxygens (including phenoxy) is 1. The van der Waals surface area contributed by atoms with Gasteiger partial charge in [-0.15, -0.1) is 0 Å². The maximum atomic E-state index is 13.8. The highest BCUT2D eigenvalue weighted by atomic mass is 19.1. The van der Waals surface area contributed by atoms with Crippen LogP contribution in [0.5, 0.6) is 5.75 Å². The lowest BCUT2D eigenvalue weighted by Crippen LogP contribution is -2.01. The molecule has 0 atom stereocenters. The van der Waals surface area contributed by atoms with Gasteiger partial charge < -0.3 is 10.5 Å². The second-order valence-corrected chi connectivity index (χ2v) is 4.65. The molecule has 4 nitrogen and oxygen atoms in total. The fourth-order valence-electron chi connectivity index (χ4n) is 2.68. The molecule has 19 heavy (non-hydrogen) atoms. The van der Waals surface area contributed by atoms with Crippen molar-refractivity contribution < 1.29 is 9.13 Å². The highest BCUT2D eigenvalue weighted by Crippen LogP contribution is 2.33. The van der Waals surface area contributed by atoms with Gasteiger partial charge in [-0.25, -0.2) is 4.39 Å². The quantitative estimate of drug-likeness (QED) is 0.920. The number of hydrogen-bond acceptors (Lipinski definition) is 3. The predicted octanol–water partition coefficient (Wildman–Crippen LogP) is 2.10. The average molecular weight is 261 g/mol. The first-order valence-corrected chi connectivity index (χ1v) is 6.37. The monoisotopic (exact) mass is 261 g/mol. The Morgan fingerprint density at radius 1 is 1.47 bits per heavy atom. The summed E-state index contributed by atoms with van der Waals surface area (Å²) in [5.74, 6) is -0.109. The van der Waals surface area contributed by atoms with Crippen LogP contribution in [0.1, 0.15) is 17.8 Å². The Bertz CT molecular complexity index is 621. The Morgan fingerprint density at radius 2 is 2.32 bits per heavy atom. The number of rotatable bonds is 3. The SMILES string of the molecule is COc1ccc(-c2c(CN)nn3c2CCC3)cc1F. The largest absolute Gasteiger partial charge is 0.494 e. The number of fused-ring (bicyclic) bond motifs is 1. The van der Waals surface area contributed by atoms with E-state index < -0.39 is 0 Å². The van der Waals surface area contributed by atoms with Crippen molar-refractivity contribution >= 4 is 0 Å². The first-order chi connectivity index (χ1) is 9.24. The summed E-state index contributed by atoms with van der Waals surface area (Å²) in [5.41, 5.74) is 9.55. The minimum Gasteiger partial charge on any atom is -0.494 e. The Kier molecular flexibility index (Phi) is 2.98. The molecule has 1 aromatic heterocycles. The third-order valence-corrected chi connectivity index (χ3v) is 3.55. The van der Waals surface area contributed by atoms with Crippen LogP contribution in [-0.2, 0) is 19.5 Å². The minimum absolute atomic E-state index is 0.252. The molecule has 0 fully saturated rings. The second-order valence-electron chi connectivity index (χ2n) is 4.65. The molecule has 2 heterocycles. The van der Waals surface area contributed by atoms with Crippen molar-refractivity contribution in [3.63, 3.8) is 0 Å². The van der Waals surface area contributed by atoms with Gasteiger partial charge >= 0.3 is 0 Å². The minimum atomic E-state index is -0.360. The van der Waals surface area contributed by atoms with E-state index in [4.69, 9.17) is 10.5 Å². The zero-order valence-electron chi connectivity index (χ0n) is 10.8. The van der Waals surface area contributed by atoms with Crippen LogP contribution in [0.2, 0.25) is 0 Å². The zero-order chi connectivity index (χ0) is 13.4. The van der Waals surface area contributed by atoms with Crippen molar-refractivity contribution in [3.8, 4) is 16.9 Å². The number of methoxy groups -OCH3 is 1. The summed E-state index contributed by atoms with van der Waals surface area (Å²) in [7, 11) is 1.46. The summed E-state index contributed by atoms with van der Waals surface area (Å²) in [4.78, 5) is 0. The summed E-state index contributed by atoms with van der Waals surface area (Å²) >= 11 is 0. The second kappa shape index (κ2) is 4.66. The van der Waals surface area contributed by atoms with Crippen LogP contribution in [0, 0.1) is 5.82 Å². The first-order valence-electron chi connectivity index (χ1n) is 6.37. The standard InChI is InChI=1S/C14H16FN3O/c1-19-13-5-4-9(7-10(13)15)14-11(8-16)17-18-6-2-3-12(14)18/h4-5,7H,2-3,6,8,16H2,1H3. The first kappa shape index (κ1) is 12.2. The van der Waals surface area contributed by atoms with E-state index in [1.807, 2.05) is 10.7 Å². The van der Waals surface area contributed by atoms with E-state index in [2.05, 4.69) is 5.10 Å². The van der Waals surface area contributed by atoms with E-state index >= 15 is 0 Å². The van der Waals surface area contributed by atoms with E-state index in [0.29, 0.717) is 6.54 Å². The molecule has 0 radical (unpaired) electrons. The summed E-state index contributed by atoms with van der Waals surface area (Å²) in [6.07, 6.45) is 2.05. The lowest BCUT2D eigenvalue weighted by atomic mass is 10.0. The van der Waals surface area contributed by atoms with Crippen LogP contribution in [0.25, 0.3) is 11.1 Å². The van der Waals surface area contributed by atoms with Crippen molar-refractivity contribution in [2.24, 2.45) is 5.73 Å². The molecule has 1 aromatic carbocycles. The van der Waals surface area contributed by atoms with Gasteiger partial charge in [-0.2, -0.15) is 5.10 Å². The Morgan fingerprint density at radius 3 is 3.00 bits per heavy atom. The van der Waals surface area contributed by atoms with Crippen LogP contribution < -0.4 is 10.5 Å². The van der Waals surface area contributed by atoms with Crippen molar-refractivity contribution in [1.29, 1.82) is 0 Å². The molecular formula is C14H16FN3O. The van der Waals surface area contributed by atoms with Crippen LogP contribution >= 0.6 is 0 Å². The number of nitrogens with two attached hydrogens (primary N) is 1. The lowest BCUT2D eigenvalue weighted by Gasteiger charge is -2.07. The van der Waals surface area contributed by atoms with Gasteiger partial charge in [-0.3, -0.25) is 4.68 Å². The highest BCUT2D eigenvalue weighted by molar-refractivity contribution is 5.70. The number of aromatic nitrogens is 2. The van der Waals surface area contributed by atoms with Gasteiger partial charge in [0, 0.05) is 24.3 Å². The molecule has 3 rings (SSSR count). The lowest BCUT2D eigenvalue weighted by molar-refractivity contribution is 0.386. The summed E-state index contributed by atoms with van der Waals surface area (Å²) in [5, 5.41) is 4.50. The maximum absolute atomic E-state index is 13.8. The number of halogens is 1. The molecule has 5 heteroatoms. The van der Waals surface area contributed by atoms with Gasteiger partial charge in [-0.1, -0.05) is 6.07 Å². The third-order valence-electron chi connectivity index (χ3n) is 3.55. The van der Waals surface area contributed by atoms with Gasteiger partial charge in [0.25, 0.3) is 0 Å². The molecule has 0 aliphatic carbocycles. The summed E-state index contributed by atoms with van der Waals surface area (Å²) in [6.45, 7) is 1.28. The van der Waals surface area contributed by atoms with E-state index in [9.17, 15) is 4.39 Å².